The standard InChI is InChI=1S/C23H23FN2O5S2/c1-23(2,32-15-16-11-13-25-14-12-16)21(22(27)28)26-33(29,30)20-9-7-19(8-10-20)31-18-5-3-17(24)4-6-18/h3-14,21,26H,15H2,1-2H3,(H,27,28)/t21-/m0/s1. The average Bonchev–Trinajstić information content (AvgIpc) is 2.79. The first kappa shape index (κ1) is 24.7. The number of aromatic nitrogens is 1. The Bertz CT molecular complexity index is 1190. The lowest BCUT2D eigenvalue weighted by molar-refractivity contribution is -0.139. The summed E-state index contributed by atoms with van der Waals surface area (Å²) in [7, 11) is -4.13. The van der Waals surface area contributed by atoms with Crippen LogP contribution < -0.4 is 9.46 Å². The zero-order valence-electron chi connectivity index (χ0n) is 17.9. The van der Waals surface area contributed by atoms with Crippen molar-refractivity contribution < 1.29 is 27.4 Å². The molecular formula is C23H23FN2O5S2. The minimum Gasteiger partial charge on any atom is -0.480 e. The number of hydrogen-bond acceptors (Lipinski definition) is 6. The Morgan fingerprint density at radius 2 is 1.61 bits per heavy atom. The molecule has 0 unspecified atom stereocenters. The molecule has 174 valence electrons. The van der Waals surface area contributed by atoms with E-state index in [1.165, 1.54) is 60.3 Å². The molecule has 0 fully saturated rings. The molecule has 0 aliphatic carbocycles. The molecule has 0 aliphatic rings. The van der Waals surface area contributed by atoms with Crippen LogP contribution in [0.5, 0.6) is 11.5 Å². The Morgan fingerprint density at radius 3 is 2.15 bits per heavy atom. The maximum atomic E-state index is 13.0. The predicted molar refractivity (Wildman–Crippen MR) is 124 cm³/mol. The van der Waals surface area contributed by atoms with Gasteiger partial charge in [0.25, 0.3) is 0 Å². The molecule has 10 heteroatoms. The van der Waals surface area contributed by atoms with Gasteiger partial charge < -0.3 is 9.84 Å². The second-order valence-corrected chi connectivity index (χ2v) is 11.0. The molecule has 3 rings (SSSR count). The van der Waals surface area contributed by atoms with Gasteiger partial charge in [0.05, 0.1) is 4.90 Å². The number of pyridine rings is 1. The lowest BCUT2D eigenvalue weighted by Crippen LogP contribution is -2.52. The van der Waals surface area contributed by atoms with Crippen molar-refractivity contribution in [3.8, 4) is 11.5 Å². The van der Waals surface area contributed by atoms with E-state index < -0.39 is 32.6 Å². The molecule has 0 spiro atoms. The van der Waals surface area contributed by atoms with E-state index in [-0.39, 0.29) is 4.90 Å². The van der Waals surface area contributed by atoms with Gasteiger partial charge in [-0.2, -0.15) is 4.72 Å². The summed E-state index contributed by atoms with van der Waals surface area (Å²) in [6.07, 6.45) is 3.29. The summed E-state index contributed by atoms with van der Waals surface area (Å²) in [5, 5.41) is 9.75. The van der Waals surface area contributed by atoms with Crippen LogP contribution in [0.4, 0.5) is 4.39 Å². The van der Waals surface area contributed by atoms with Crippen LogP contribution >= 0.6 is 11.8 Å². The highest BCUT2D eigenvalue weighted by Gasteiger charge is 2.39. The highest BCUT2D eigenvalue weighted by atomic mass is 32.2. The highest BCUT2D eigenvalue weighted by molar-refractivity contribution is 8.00. The topological polar surface area (TPSA) is 106 Å². The largest absolute Gasteiger partial charge is 0.480 e. The molecule has 0 amide bonds. The maximum Gasteiger partial charge on any atom is 0.323 e. The van der Waals surface area contributed by atoms with Crippen molar-refractivity contribution in [1.82, 2.24) is 9.71 Å². The zero-order valence-corrected chi connectivity index (χ0v) is 19.6. The fourth-order valence-corrected chi connectivity index (χ4v) is 5.34. The smallest absolute Gasteiger partial charge is 0.323 e. The normalized spacial score (nSPS) is 12.8. The van der Waals surface area contributed by atoms with E-state index in [4.69, 9.17) is 4.74 Å². The van der Waals surface area contributed by atoms with Gasteiger partial charge in [-0.25, -0.2) is 12.8 Å². The Labute approximate surface area is 196 Å². The number of ether oxygens (including phenoxy) is 1. The Morgan fingerprint density at radius 1 is 1.06 bits per heavy atom. The number of thioether (sulfide) groups is 1. The summed E-state index contributed by atoms with van der Waals surface area (Å²) in [5.41, 5.74) is 0.951. The van der Waals surface area contributed by atoms with Crippen LogP contribution in [-0.4, -0.2) is 35.3 Å². The SMILES string of the molecule is CC(C)(SCc1ccncc1)[C@@H](NS(=O)(=O)c1ccc(Oc2ccc(F)cc2)cc1)C(=O)O. The predicted octanol–water partition coefficient (Wildman–Crippen LogP) is 4.46. The molecule has 1 heterocycles. The van der Waals surface area contributed by atoms with Crippen molar-refractivity contribution in [1.29, 1.82) is 0 Å². The summed E-state index contributed by atoms with van der Waals surface area (Å²) in [5.74, 6) is -0.435. The average molecular weight is 491 g/mol. The van der Waals surface area contributed by atoms with Crippen LogP contribution in [0.25, 0.3) is 0 Å². The minimum absolute atomic E-state index is 0.102. The number of hydrogen-bond donors (Lipinski definition) is 2. The summed E-state index contributed by atoms with van der Waals surface area (Å²) >= 11 is 1.33. The van der Waals surface area contributed by atoms with Crippen molar-refractivity contribution >= 4 is 27.8 Å². The van der Waals surface area contributed by atoms with Gasteiger partial charge in [-0.1, -0.05) is 0 Å². The van der Waals surface area contributed by atoms with E-state index in [0.717, 1.165) is 5.56 Å². The fourth-order valence-electron chi connectivity index (χ4n) is 2.87. The molecule has 3 aromatic rings. The second-order valence-electron chi connectivity index (χ2n) is 7.67. The molecule has 1 atom stereocenters. The van der Waals surface area contributed by atoms with Gasteiger partial charge in [0.2, 0.25) is 10.0 Å². The first-order chi connectivity index (χ1) is 15.6. The second kappa shape index (κ2) is 10.3. The van der Waals surface area contributed by atoms with E-state index in [0.29, 0.717) is 17.3 Å². The van der Waals surface area contributed by atoms with E-state index in [2.05, 4.69) is 9.71 Å². The number of rotatable bonds is 10. The number of benzene rings is 2. The quantitative estimate of drug-likeness (QED) is 0.432. The molecule has 0 saturated heterocycles. The highest BCUT2D eigenvalue weighted by Crippen LogP contribution is 2.32. The van der Waals surface area contributed by atoms with Gasteiger partial charge in [-0.05, 0) is 80.1 Å². The first-order valence-electron chi connectivity index (χ1n) is 9.88. The number of aliphatic carboxylic acids is 1. The van der Waals surface area contributed by atoms with Gasteiger partial charge >= 0.3 is 5.97 Å². The molecule has 33 heavy (non-hydrogen) atoms. The molecule has 7 nitrogen and oxygen atoms in total. The van der Waals surface area contributed by atoms with Crippen molar-refractivity contribution in [2.75, 3.05) is 0 Å². The van der Waals surface area contributed by atoms with Crippen LogP contribution in [0, 0.1) is 5.82 Å². The molecule has 0 radical (unpaired) electrons. The van der Waals surface area contributed by atoms with Crippen molar-refractivity contribution in [2.24, 2.45) is 0 Å². The van der Waals surface area contributed by atoms with E-state index in [1.54, 1.807) is 26.2 Å². The maximum absolute atomic E-state index is 13.0. The molecular weight excluding hydrogens is 467 g/mol. The number of sulfonamides is 1. The fraction of sp³-hybridized carbons (Fsp3) is 0.217. The zero-order chi connectivity index (χ0) is 24.1. The van der Waals surface area contributed by atoms with E-state index in [9.17, 15) is 22.7 Å². The van der Waals surface area contributed by atoms with Gasteiger partial charge in [-0.3, -0.25) is 9.78 Å². The minimum atomic E-state index is -4.13. The lowest BCUT2D eigenvalue weighted by atomic mass is 10.1. The summed E-state index contributed by atoms with van der Waals surface area (Å²) in [6, 6.07) is 13.2. The Balaban J connectivity index is 1.71. The van der Waals surface area contributed by atoms with Crippen LogP contribution in [0.3, 0.4) is 0 Å². The van der Waals surface area contributed by atoms with E-state index >= 15 is 0 Å². The third-order valence-corrected chi connectivity index (χ3v) is 7.65. The molecule has 2 N–H and O–H groups in total. The number of nitrogens with zero attached hydrogens (tertiary/aromatic N) is 1. The summed E-state index contributed by atoms with van der Waals surface area (Å²) < 4.78 is 45.7. The number of halogens is 1. The summed E-state index contributed by atoms with van der Waals surface area (Å²) in [6.45, 7) is 3.36. The molecule has 0 bridgehead atoms. The third-order valence-electron chi connectivity index (χ3n) is 4.76. The molecule has 1 aromatic heterocycles. The van der Waals surface area contributed by atoms with Gasteiger partial charge in [0.1, 0.15) is 23.4 Å². The Kier molecular flexibility index (Phi) is 7.72. The van der Waals surface area contributed by atoms with Crippen molar-refractivity contribution in [2.45, 2.75) is 35.3 Å². The molecule has 0 aliphatic heterocycles. The van der Waals surface area contributed by atoms with Crippen LogP contribution in [0.1, 0.15) is 19.4 Å². The Hall–Kier alpha value is -2.95. The molecule has 2 aromatic carbocycles. The number of carboxylic acids is 1. The summed E-state index contributed by atoms with van der Waals surface area (Å²) in [4.78, 5) is 15.8. The monoisotopic (exact) mass is 490 g/mol. The van der Waals surface area contributed by atoms with Crippen LogP contribution in [0.2, 0.25) is 0 Å². The number of carbonyl (C=O) groups is 1. The first-order valence-corrected chi connectivity index (χ1v) is 12.4. The number of nitrogens with one attached hydrogen (secondary N) is 1. The van der Waals surface area contributed by atoms with Crippen molar-refractivity contribution in [3.05, 3.63) is 84.4 Å². The number of carboxylic acid groups (broad SMARTS) is 1. The van der Waals surface area contributed by atoms with E-state index in [1.807, 2.05) is 12.1 Å². The van der Waals surface area contributed by atoms with Gasteiger partial charge in [-0.15, -0.1) is 11.8 Å². The third kappa shape index (κ3) is 6.77. The lowest BCUT2D eigenvalue weighted by Gasteiger charge is -2.31. The van der Waals surface area contributed by atoms with Gasteiger partial charge in [0.15, 0.2) is 0 Å². The van der Waals surface area contributed by atoms with Crippen LogP contribution in [-0.2, 0) is 20.6 Å². The van der Waals surface area contributed by atoms with Gasteiger partial charge in [0, 0.05) is 22.9 Å². The van der Waals surface area contributed by atoms with Crippen LogP contribution in [0.15, 0.2) is 78.0 Å². The molecule has 0 saturated carbocycles. The van der Waals surface area contributed by atoms with Crippen molar-refractivity contribution in [3.63, 3.8) is 0 Å².